The Balaban J connectivity index is 0.000000541. The number of sulfone groups is 1. The molecule has 2 N–H and O–H groups in total. The van der Waals surface area contributed by atoms with E-state index in [4.69, 9.17) is 0 Å². The van der Waals surface area contributed by atoms with Gasteiger partial charge in [0.1, 0.15) is 5.65 Å². The summed E-state index contributed by atoms with van der Waals surface area (Å²) in [5.41, 5.74) is 5.62. The number of amides is 1. The second kappa shape index (κ2) is 10.7. The van der Waals surface area contributed by atoms with E-state index in [2.05, 4.69) is 33.3 Å². The molecule has 0 spiro atoms. The standard InChI is InChI=1S/C28H32N4O3S.F6P/c1-5-36(34,35)21-8-6-7-19(14-21)23-15-22(28(33)30-20-9-11-32(4)12-10-20)18(3)26-25(23)24-13-17(2)16-29-27(24)31-26;1-7(2,3,4,5)6/h6-8,13-16,20H,5,9-12H2,1-4H3,(H,29,31)(H,30,33);/q;-1. The fourth-order valence-corrected chi connectivity index (χ4v) is 6.02. The first-order valence-corrected chi connectivity index (χ1v) is 17.1. The van der Waals surface area contributed by atoms with Gasteiger partial charge in [0.05, 0.1) is 16.2 Å². The summed E-state index contributed by atoms with van der Waals surface area (Å²) in [5, 5.41) is 5.13. The summed E-state index contributed by atoms with van der Waals surface area (Å²) in [4.78, 5) is 24.1. The molecule has 4 aromatic rings. The second-order valence-corrected chi connectivity index (χ2v) is 15.0. The molecule has 43 heavy (non-hydrogen) atoms. The van der Waals surface area contributed by atoms with Gasteiger partial charge in [0.2, 0.25) is 0 Å². The molecule has 236 valence electrons. The first-order chi connectivity index (χ1) is 19.6. The molecule has 1 aliphatic rings. The molecule has 0 unspecified atom stereocenters. The number of fused-ring (bicyclic) bond motifs is 3. The van der Waals surface area contributed by atoms with Crippen molar-refractivity contribution in [3.05, 3.63) is 59.3 Å². The van der Waals surface area contributed by atoms with Crippen LogP contribution in [0.5, 0.6) is 0 Å². The van der Waals surface area contributed by atoms with E-state index in [0.29, 0.717) is 5.56 Å². The molecule has 7 nitrogen and oxygen atoms in total. The van der Waals surface area contributed by atoms with Crippen LogP contribution in [-0.2, 0) is 9.84 Å². The van der Waals surface area contributed by atoms with Crippen molar-refractivity contribution in [1.82, 2.24) is 20.2 Å². The third-order valence-electron chi connectivity index (χ3n) is 7.31. The number of hydrogen-bond donors (Lipinski definition) is 2. The van der Waals surface area contributed by atoms with Crippen LogP contribution in [0.2, 0.25) is 0 Å². The predicted molar refractivity (Wildman–Crippen MR) is 158 cm³/mol. The van der Waals surface area contributed by atoms with Crippen molar-refractivity contribution in [3.63, 3.8) is 0 Å². The number of carbonyl (C=O) groups excluding carboxylic acids is 1. The van der Waals surface area contributed by atoms with Gasteiger partial charge < -0.3 is 15.2 Å². The van der Waals surface area contributed by atoms with Crippen LogP contribution in [0.3, 0.4) is 0 Å². The van der Waals surface area contributed by atoms with Crippen molar-refractivity contribution in [2.24, 2.45) is 0 Å². The number of likely N-dealkylation sites (tertiary alicyclic amines) is 1. The molecule has 1 fully saturated rings. The molecule has 0 radical (unpaired) electrons. The fourth-order valence-electron chi connectivity index (χ4n) is 5.10. The van der Waals surface area contributed by atoms with Crippen molar-refractivity contribution in [2.45, 2.75) is 44.6 Å². The monoisotopic (exact) mass is 649 g/mol. The second-order valence-electron chi connectivity index (χ2n) is 10.8. The molecule has 3 heterocycles. The van der Waals surface area contributed by atoms with Gasteiger partial charge in [0, 0.05) is 28.6 Å². The van der Waals surface area contributed by atoms with E-state index in [-0.39, 0.29) is 22.6 Å². The number of aromatic nitrogens is 2. The van der Waals surface area contributed by atoms with Crippen LogP contribution in [-0.4, -0.2) is 61.1 Å². The molecule has 1 saturated heterocycles. The van der Waals surface area contributed by atoms with E-state index in [1.807, 2.05) is 32.2 Å². The Morgan fingerprint density at radius 3 is 2.30 bits per heavy atom. The summed E-state index contributed by atoms with van der Waals surface area (Å²) in [6, 6.07) is 11.1. The predicted octanol–water partition coefficient (Wildman–Crippen LogP) is 8.00. The SMILES string of the molecule is CCS(=O)(=O)c1cccc(-c2cc(C(=O)NC3CCN(C)CC3)c(C)c3[nH]c4ncc(C)cc4c23)c1.F[P-](F)(F)(F)(F)F. The number of piperidine rings is 1. The first-order valence-electron chi connectivity index (χ1n) is 13.4. The van der Waals surface area contributed by atoms with Gasteiger partial charge in [-0.2, -0.15) is 0 Å². The van der Waals surface area contributed by atoms with Crippen LogP contribution in [0.25, 0.3) is 33.1 Å². The summed E-state index contributed by atoms with van der Waals surface area (Å²) in [7, 11) is -11.9. The molecule has 15 heteroatoms. The maximum atomic E-state index is 13.5. The van der Waals surface area contributed by atoms with E-state index in [1.54, 1.807) is 25.1 Å². The number of H-pyrrole nitrogens is 1. The van der Waals surface area contributed by atoms with Crippen molar-refractivity contribution < 1.29 is 38.4 Å². The number of pyridine rings is 1. The van der Waals surface area contributed by atoms with Gasteiger partial charge in [-0.3, -0.25) is 4.79 Å². The van der Waals surface area contributed by atoms with Crippen LogP contribution in [0.15, 0.2) is 47.5 Å². The molecule has 2 aromatic carbocycles. The van der Waals surface area contributed by atoms with Crippen LogP contribution >= 0.6 is 7.81 Å². The molecule has 1 aliphatic heterocycles. The van der Waals surface area contributed by atoms with Gasteiger partial charge in [0.15, 0.2) is 9.84 Å². The number of halogens is 6. The number of carbonyl (C=O) groups is 1. The molecular formula is C28H32F6N4O3PS-. The number of aromatic amines is 1. The Morgan fingerprint density at radius 2 is 1.70 bits per heavy atom. The fraction of sp³-hybridized carbons (Fsp3) is 0.357. The van der Waals surface area contributed by atoms with Crippen molar-refractivity contribution in [2.75, 3.05) is 25.9 Å². The van der Waals surface area contributed by atoms with E-state index in [0.717, 1.165) is 70.1 Å². The molecule has 0 aliphatic carbocycles. The zero-order chi connectivity index (χ0) is 32.0. The van der Waals surface area contributed by atoms with Gasteiger partial charge in [0.25, 0.3) is 5.91 Å². The van der Waals surface area contributed by atoms with Gasteiger partial charge in [-0.05, 0) is 93.3 Å². The topological polar surface area (TPSA) is 95.2 Å². The summed E-state index contributed by atoms with van der Waals surface area (Å²) in [5.74, 6) is -0.0782. The molecule has 0 bridgehead atoms. The molecule has 1 amide bonds. The Morgan fingerprint density at radius 1 is 1.07 bits per heavy atom. The van der Waals surface area contributed by atoms with Gasteiger partial charge in [-0.25, -0.2) is 13.4 Å². The summed E-state index contributed by atoms with van der Waals surface area (Å²) in [6.07, 6.45) is 3.65. The first kappa shape index (κ1) is 32.7. The number of nitrogens with zero attached hydrogens (tertiary/aromatic N) is 2. The number of rotatable bonds is 5. The number of nitrogens with one attached hydrogen (secondary N) is 2. The van der Waals surface area contributed by atoms with E-state index in [9.17, 15) is 38.4 Å². The van der Waals surface area contributed by atoms with Gasteiger partial charge in [-0.1, -0.05) is 19.1 Å². The number of hydrogen-bond acceptors (Lipinski definition) is 5. The molecule has 2 aromatic heterocycles. The average Bonchev–Trinajstić information content (AvgIpc) is 3.28. The van der Waals surface area contributed by atoms with Crippen LogP contribution in [0, 0.1) is 13.8 Å². The Kier molecular flexibility index (Phi) is 8.17. The molecule has 5 rings (SSSR count). The third-order valence-corrected chi connectivity index (χ3v) is 9.04. The maximum absolute atomic E-state index is 13.5. The van der Waals surface area contributed by atoms with E-state index in [1.165, 1.54) is 0 Å². The van der Waals surface area contributed by atoms with Crippen LogP contribution in [0.4, 0.5) is 25.2 Å². The van der Waals surface area contributed by atoms with E-state index >= 15 is 0 Å². The van der Waals surface area contributed by atoms with Crippen LogP contribution < -0.4 is 5.32 Å². The van der Waals surface area contributed by atoms with Crippen molar-refractivity contribution in [1.29, 1.82) is 0 Å². The summed E-state index contributed by atoms with van der Waals surface area (Å²) < 4.78 is 84.5. The Bertz CT molecular complexity index is 1810. The molecular weight excluding hydrogens is 617 g/mol. The third kappa shape index (κ3) is 8.45. The summed E-state index contributed by atoms with van der Waals surface area (Å²) >= 11 is 0. The summed E-state index contributed by atoms with van der Waals surface area (Å²) in [6.45, 7) is 7.51. The Hall–Kier alpha value is -3.22. The van der Waals surface area contributed by atoms with Gasteiger partial charge >= 0.3 is 33.0 Å². The quantitative estimate of drug-likeness (QED) is 0.169. The van der Waals surface area contributed by atoms with Crippen LogP contribution in [0.1, 0.15) is 41.3 Å². The number of benzene rings is 2. The van der Waals surface area contributed by atoms with Crippen molar-refractivity contribution in [3.8, 4) is 11.1 Å². The molecule has 0 atom stereocenters. The minimum atomic E-state index is -10.7. The van der Waals surface area contributed by atoms with Gasteiger partial charge in [-0.15, -0.1) is 0 Å². The van der Waals surface area contributed by atoms with Crippen molar-refractivity contribution >= 4 is 45.5 Å². The zero-order valence-electron chi connectivity index (χ0n) is 23.9. The Labute approximate surface area is 244 Å². The molecule has 0 saturated carbocycles. The minimum absolute atomic E-state index is 0.0280. The zero-order valence-corrected chi connectivity index (χ0v) is 25.6. The average molecular weight is 650 g/mol. The normalized spacial score (nSPS) is 16.8. The number of aryl methyl sites for hydroxylation is 2. The van der Waals surface area contributed by atoms with E-state index < -0.39 is 17.6 Å².